The van der Waals surface area contributed by atoms with E-state index in [-0.39, 0.29) is 0 Å². The van der Waals surface area contributed by atoms with Gasteiger partial charge in [-0.2, -0.15) is 0 Å². The molecule has 0 amide bonds. The summed E-state index contributed by atoms with van der Waals surface area (Å²) in [6.45, 7) is 4.38. The molecule has 26 heavy (non-hydrogen) atoms. The van der Waals surface area contributed by atoms with Crippen LogP contribution in [0.25, 0.3) is 0 Å². The minimum Gasteiger partial charge on any atom is -0.493 e. The fraction of sp³-hybridized carbons (Fsp3) is 0.478. The van der Waals surface area contributed by atoms with Crippen LogP contribution in [-0.2, 0) is 5.41 Å². The number of hydrogen-bond acceptors (Lipinski definition) is 2. The lowest BCUT2D eigenvalue weighted by molar-refractivity contribution is 0.0816. The Morgan fingerprint density at radius 1 is 1.00 bits per heavy atom. The average molecular weight is 370 g/mol. The first kappa shape index (κ1) is 17.9. The number of para-hydroxylation sites is 1. The molecule has 1 heterocycles. The van der Waals surface area contributed by atoms with Crippen LogP contribution in [0.1, 0.15) is 37.7 Å². The molecule has 2 aromatic carbocycles. The Hall–Kier alpha value is -1.51. The largest absolute Gasteiger partial charge is 0.493 e. The highest BCUT2D eigenvalue weighted by Gasteiger charge is 2.40. The van der Waals surface area contributed by atoms with Crippen molar-refractivity contribution in [1.82, 2.24) is 4.90 Å². The molecule has 4 rings (SSSR count). The molecule has 2 aromatic rings. The highest BCUT2D eigenvalue weighted by molar-refractivity contribution is 6.30. The first-order chi connectivity index (χ1) is 12.7. The molecule has 1 saturated carbocycles. The van der Waals surface area contributed by atoms with Crippen molar-refractivity contribution in [2.45, 2.75) is 37.5 Å². The monoisotopic (exact) mass is 369 g/mol. The molecule has 0 bridgehead atoms. The molecule has 0 aromatic heterocycles. The number of benzene rings is 2. The predicted octanol–water partition coefficient (Wildman–Crippen LogP) is 5.55. The summed E-state index contributed by atoms with van der Waals surface area (Å²) in [5.74, 6) is 1.62. The molecule has 0 N–H and O–H groups in total. The van der Waals surface area contributed by atoms with Gasteiger partial charge >= 0.3 is 0 Å². The molecule has 138 valence electrons. The molecule has 1 saturated heterocycles. The minimum absolute atomic E-state index is 0.340. The van der Waals surface area contributed by atoms with Gasteiger partial charge in [0.15, 0.2) is 0 Å². The van der Waals surface area contributed by atoms with Gasteiger partial charge in [-0.1, -0.05) is 48.4 Å². The summed E-state index contributed by atoms with van der Waals surface area (Å²) in [6.07, 6.45) is 6.50. The summed E-state index contributed by atoms with van der Waals surface area (Å²) in [5, 5.41) is 0.833. The Morgan fingerprint density at radius 3 is 2.46 bits per heavy atom. The summed E-state index contributed by atoms with van der Waals surface area (Å²) in [6, 6.07) is 18.8. The lowest BCUT2D eigenvalue weighted by atomic mass is 9.64. The smallest absolute Gasteiger partial charge is 0.119 e. The number of rotatable bonds is 6. The van der Waals surface area contributed by atoms with Gasteiger partial charge in [0, 0.05) is 29.4 Å². The van der Waals surface area contributed by atoms with Gasteiger partial charge < -0.3 is 9.64 Å². The fourth-order valence-electron chi connectivity index (χ4n) is 4.53. The third-order valence-corrected chi connectivity index (χ3v) is 6.38. The van der Waals surface area contributed by atoms with Gasteiger partial charge in [0.05, 0.1) is 6.61 Å². The number of piperidine rings is 1. The van der Waals surface area contributed by atoms with Crippen molar-refractivity contribution in [2.24, 2.45) is 5.92 Å². The number of ether oxygens (including phenoxy) is 1. The maximum Gasteiger partial charge on any atom is 0.119 e. The Bertz CT molecular complexity index is 696. The average Bonchev–Trinajstić information content (AvgIpc) is 2.65. The van der Waals surface area contributed by atoms with E-state index in [2.05, 4.69) is 17.0 Å². The van der Waals surface area contributed by atoms with Crippen molar-refractivity contribution in [3.05, 3.63) is 65.2 Å². The Labute approximate surface area is 162 Å². The minimum atomic E-state index is 0.340. The number of hydrogen-bond donors (Lipinski definition) is 0. The number of nitrogens with zero attached hydrogens (tertiary/aromatic N) is 1. The van der Waals surface area contributed by atoms with Gasteiger partial charge in [0.1, 0.15) is 5.75 Å². The van der Waals surface area contributed by atoms with Crippen molar-refractivity contribution in [3.63, 3.8) is 0 Å². The van der Waals surface area contributed by atoms with E-state index in [1.807, 2.05) is 42.5 Å². The zero-order valence-electron chi connectivity index (χ0n) is 15.4. The van der Waals surface area contributed by atoms with Crippen LogP contribution in [0, 0.1) is 5.92 Å². The second kappa shape index (κ2) is 8.02. The second-order valence-electron chi connectivity index (χ2n) is 8.01. The van der Waals surface area contributed by atoms with Crippen LogP contribution in [0.15, 0.2) is 54.6 Å². The first-order valence-electron chi connectivity index (χ1n) is 9.90. The molecule has 0 unspecified atom stereocenters. The standard InChI is InChI=1S/C23H28ClNO/c24-21-11-9-20(10-12-21)23(13-5-14-23)18-25-15-4-6-19(16-25)17-26-22-7-2-1-3-8-22/h1-3,7-12,19H,4-6,13-18H2/t19-/m1/s1. The molecule has 2 nitrogen and oxygen atoms in total. The van der Waals surface area contributed by atoms with E-state index < -0.39 is 0 Å². The van der Waals surface area contributed by atoms with Gasteiger partial charge in [0.25, 0.3) is 0 Å². The van der Waals surface area contributed by atoms with Crippen LogP contribution in [0.5, 0.6) is 5.75 Å². The van der Waals surface area contributed by atoms with E-state index >= 15 is 0 Å². The molecule has 0 spiro atoms. The quantitative estimate of drug-likeness (QED) is 0.661. The predicted molar refractivity (Wildman–Crippen MR) is 108 cm³/mol. The highest BCUT2D eigenvalue weighted by atomic mass is 35.5. The second-order valence-corrected chi connectivity index (χ2v) is 8.44. The molecular formula is C23H28ClNO. The van der Waals surface area contributed by atoms with Gasteiger partial charge in [0.2, 0.25) is 0 Å². The lowest BCUT2D eigenvalue weighted by Gasteiger charge is -2.47. The Morgan fingerprint density at radius 2 is 1.77 bits per heavy atom. The molecule has 1 aliphatic carbocycles. The molecule has 3 heteroatoms. The van der Waals surface area contributed by atoms with Crippen LogP contribution >= 0.6 is 11.6 Å². The van der Waals surface area contributed by atoms with Crippen molar-refractivity contribution < 1.29 is 4.74 Å². The van der Waals surface area contributed by atoms with E-state index in [1.54, 1.807) is 0 Å². The first-order valence-corrected chi connectivity index (χ1v) is 10.3. The van der Waals surface area contributed by atoms with Gasteiger partial charge in [-0.25, -0.2) is 0 Å². The van der Waals surface area contributed by atoms with Crippen LogP contribution in [0.3, 0.4) is 0 Å². The van der Waals surface area contributed by atoms with Crippen molar-refractivity contribution in [2.75, 3.05) is 26.2 Å². The van der Waals surface area contributed by atoms with E-state index in [1.165, 1.54) is 50.8 Å². The molecule has 2 aliphatic rings. The van der Waals surface area contributed by atoms with E-state index in [0.717, 1.165) is 23.9 Å². The van der Waals surface area contributed by atoms with E-state index in [0.29, 0.717) is 11.3 Å². The van der Waals surface area contributed by atoms with Gasteiger partial charge in [-0.05, 0) is 62.1 Å². The SMILES string of the molecule is Clc1ccc(C2(CN3CCC[C@@H](COc4ccccc4)C3)CCC2)cc1. The summed E-state index contributed by atoms with van der Waals surface area (Å²) >= 11 is 6.09. The summed E-state index contributed by atoms with van der Waals surface area (Å²) in [7, 11) is 0. The topological polar surface area (TPSA) is 12.5 Å². The Kier molecular flexibility index (Phi) is 5.52. The van der Waals surface area contributed by atoms with E-state index in [9.17, 15) is 0 Å². The third-order valence-electron chi connectivity index (χ3n) is 6.13. The molecule has 1 atom stereocenters. The van der Waals surface area contributed by atoms with Crippen molar-refractivity contribution in [1.29, 1.82) is 0 Å². The fourth-order valence-corrected chi connectivity index (χ4v) is 4.66. The number of halogens is 1. The van der Waals surface area contributed by atoms with Crippen LogP contribution in [0.2, 0.25) is 5.02 Å². The zero-order chi connectivity index (χ0) is 17.8. The third kappa shape index (κ3) is 4.07. The van der Waals surface area contributed by atoms with Gasteiger partial charge in [-0.15, -0.1) is 0 Å². The molecular weight excluding hydrogens is 342 g/mol. The van der Waals surface area contributed by atoms with E-state index in [4.69, 9.17) is 16.3 Å². The lowest BCUT2D eigenvalue weighted by Crippen LogP contribution is -2.49. The summed E-state index contributed by atoms with van der Waals surface area (Å²) in [5.41, 5.74) is 1.81. The number of likely N-dealkylation sites (tertiary alicyclic amines) is 1. The molecule has 0 radical (unpaired) electrons. The summed E-state index contributed by atoms with van der Waals surface area (Å²) < 4.78 is 6.02. The normalized spacial score (nSPS) is 22.6. The summed E-state index contributed by atoms with van der Waals surface area (Å²) in [4.78, 5) is 2.68. The van der Waals surface area contributed by atoms with Gasteiger partial charge in [-0.3, -0.25) is 0 Å². The maximum atomic E-state index is 6.09. The highest BCUT2D eigenvalue weighted by Crippen LogP contribution is 2.45. The Balaban J connectivity index is 1.36. The van der Waals surface area contributed by atoms with Crippen LogP contribution < -0.4 is 4.74 Å². The van der Waals surface area contributed by atoms with Crippen molar-refractivity contribution in [3.8, 4) is 5.75 Å². The van der Waals surface area contributed by atoms with Crippen LogP contribution in [-0.4, -0.2) is 31.1 Å². The van der Waals surface area contributed by atoms with Crippen molar-refractivity contribution >= 4 is 11.6 Å². The maximum absolute atomic E-state index is 6.09. The zero-order valence-corrected chi connectivity index (χ0v) is 16.1. The molecule has 2 fully saturated rings. The molecule has 1 aliphatic heterocycles. The van der Waals surface area contributed by atoms with Crippen LogP contribution in [0.4, 0.5) is 0 Å².